The summed E-state index contributed by atoms with van der Waals surface area (Å²) in [6, 6.07) is 5.82. The van der Waals surface area contributed by atoms with Crippen LogP contribution in [0.1, 0.15) is 52.9 Å². The Labute approximate surface area is 195 Å². The van der Waals surface area contributed by atoms with Gasteiger partial charge in [-0.05, 0) is 57.9 Å². The van der Waals surface area contributed by atoms with Crippen LogP contribution in [0.25, 0.3) is 0 Å². The molecule has 1 aromatic carbocycles. The Hall–Kier alpha value is -2.35. The minimum Gasteiger partial charge on any atom is -0.488 e. The number of likely N-dealkylation sites (tertiary alicyclic amines) is 1. The fraction of sp³-hybridized carbons (Fsp3) is 0.680. The zero-order valence-electron chi connectivity index (χ0n) is 20.0. The quantitative estimate of drug-likeness (QED) is 0.685. The van der Waals surface area contributed by atoms with Crippen molar-refractivity contribution in [3.05, 3.63) is 30.1 Å². The van der Waals surface area contributed by atoms with Crippen LogP contribution in [0.5, 0.6) is 5.75 Å². The largest absolute Gasteiger partial charge is 0.488 e. The van der Waals surface area contributed by atoms with Crippen LogP contribution in [0.4, 0.5) is 9.18 Å². The molecule has 182 valence electrons. The average molecular weight is 462 g/mol. The number of benzene rings is 1. The van der Waals surface area contributed by atoms with Gasteiger partial charge in [-0.1, -0.05) is 12.8 Å². The number of piperazine rings is 1. The van der Waals surface area contributed by atoms with E-state index in [1.807, 2.05) is 25.7 Å². The molecular weight excluding hydrogens is 425 g/mol. The topological polar surface area (TPSA) is 62.3 Å². The van der Waals surface area contributed by atoms with Crippen molar-refractivity contribution in [3.8, 4) is 5.75 Å². The Bertz CT molecular complexity index is 827. The Kier molecular flexibility index (Phi) is 7.12. The summed E-state index contributed by atoms with van der Waals surface area (Å²) in [5.41, 5.74) is -0.659. The number of hydrogen-bond donors (Lipinski definition) is 0. The third-order valence-electron chi connectivity index (χ3n) is 6.76. The molecule has 33 heavy (non-hydrogen) atoms. The van der Waals surface area contributed by atoms with Crippen molar-refractivity contribution in [3.63, 3.8) is 0 Å². The van der Waals surface area contributed by atoms with Gasteiger partial charge in [-0.25, -0.2) is 9.18 Å². The van der Waals surface area contributed by atoms with Crippen molar-refractivity contribution >= 4 is 12.0 Å². The van der Waals surface area contributed by atoms with Crippen LogP contribution in [0.3, 0.4) is 0 Å². The zero-order valence-corrected chi connectivity index (χ0v) is 20.0. The monoisotopic (exact) mass is 461 g/mol. The maximum Gasteiger partial charge on any atom is 0.411 e. The maximum atomic E-state index is 13.5. The van der Waals surface area contributed by atoms with E-state index in [2.05, 4.69) is 4.90 Å². The van der Waals surface area contributed by atoms with Crippen LogP contribution in [0.15, 0.2) is 24.3 Å². The number of nitrogens with zero attached hydrogens (tertiary/aromatic N) is 3. The van der Waals surface area contributed by atoms with Gasteiger partial charge in [0.05, 0.1) is 6.54 Å². The first-order chi connectivity index (χ1) is 15.7. The molecule has 3 fully saturated rings. The van der Waals surface area contributed by atoms with E-state index in [-0.39, 0.29) is 24.4 Å². The first-order valence-electron chi connectivity index (χ1n) is 12.1. The molecule has 8 heteroatoms. The van der Waals surface area contributed by atoms with Crippen LogP contribution in [-0.2, 0) is 9.53 Å². The molecule has 0 N–H and O–H groups in total. The van der Waals surface area contributed by atoms with Crippen molar-refractivity contribution in [2.45, 2.75) is 76.7 Å². The van der Waals surface area contributed by atoms with Crippen LogP contribution < -0.4 is 4.74 Å². The maximum absolute atomic E-state index is 13.5. The van der Waals surface area contributed by atoms with E-state index in [0.29, 0.717) is 31.3 Å². The summed E-state index contributed by atoms with van der Waals surface area (Å²) in [6.07, 6.45) is 4.63. The fourth-order valence-electron chi connectivity index (χ4n) is 5.13. The van der Waals surface area contributed by atoms with E-state index in [1.54, 1.807) is 12.1 Å². The van der Waals surface area contributed by atoms with Gasteiger partial charge in [0.25, 0.3) is 0 Å². The van der Waals surface area contributed by atoms with E-state index >= 15 is 0 Å². The third kappa shape index (κ3) is 5.96. The van der Waals surface area contributed by atoms with E-state index in [0.717, 1.165) is 13.1 Å². The molecule has 0 spiro atoms. The lowest BCUT2D eigenvalue weighted by Crippen LogP contribution is -2.56. The highest BCUT2D eigenvalue weighted by Gasteiger charge is 2.44. The third-order valence-corrected chi connectivity index (χ3v) is 6.76. The van der Waals surface area contributed by atoms with E-state index in [9.17, 15) is 14.0 Å². The molecule has 0 radical (unpaired) electrons. The van der Waals surface area contributed by atoms with Gasteiger partial charge in [0, 0.05) is 38.6 Å². The molecule has 2 amide bonds. The summed E-state index contributed by atoms with van der Waals surface area (Å²) >= 11 is 0. The fourth-order valence-corrected chi connectivity index (χ4v) is 5.13. The highest BCUT2D eigenvalue weighted by molar-refractivity contribution is 5.86. The van der Waals surface area contributed by atoms with Crippen LogP contribution in [0.2, 0.25) is 0 Å². The van der Waals surface area contributed by atoms with Gasteiger partial charge in [0.1, 0.15) is 29.3 Å². The zero-order chi connectivity index (χ0) is 23.6. The van der Waals surface area contributed by atoms with Crippen molar-refractivity contribution in [1.29, 1.82) is 0 Å². The Morgan fingerprint density at radius 3 is 2.24 bits per heavy atom. The molecule has 1 aliphatic carbocycles. The van der Waals surface area contributed by atoms with Crippen molar-refractivity contribution in [2.24, 2.45) is 0 Å². The molecular formula is C25H36FN3O4. The van der Waals surface area contributed by atoms with Gasteiger partial charge < -0.3 is 14.4 Å². The molecule has 1 saturated carbocycles. The van der Waals surface area contributed by atoms with Crippen molar-refractivity contribution in [2.75, 3.05) is 32.7 Å². The molecule has 4 rings (SSSR count). The average Bonchev–Trinajstić information content (AvgIpc) is 3.44. The van der Waals surface area contributed by atoms with Gasteiger partial charge >= 0.3 is 6.09 Å². The van der Waals surface area contributed by atoms with Gasteiger partial charge in [0.2, 0.25) is 5.91 Å². The summed E-state index contributed by atoms with van der Waals surface area (Å²) in [4.78, 5) is 32.4. The number of amides is 2. The SMILES string of the molecule is CC(C)(C)OC(=O)N1C[C@@H](Oc2ccc(F)cc2)C[C@@H]1C(=O)N1CCN(C2CCCC2)CC1. The van der Waals surface area contributed by atoms with Crippen LogP contribution in [0, 0.1) is 5.82 Å². The van der Waals surface area contributed by atoms with Gasteiger partial charge in [-0.2, -0.15) is 0 Å². The summed E-state index contributed by atoms with van der Waals surface area (Å²) in [5, 5.41) is 0. The van der Waals surface area contributed by atoms with E-state index < -0.39 is 17.7 Å². The molecule has 7 nitrogen and oxygen atoms in total. The van der Waals surface area contributed by atoms with Gasteiger partial charge in [0.15, 0.2) is 0 Å². The smallest absolute Gasteiger partial charge is 0.411 e. The molecule has 0 aromatic heterocycles. The van der Waals surface area contributed by atoms with Gasteiger partial charge in [-0.15, -0.1) is 0 Å². The van der Waals surface area contributed by atoms with E-state index in [4.69, 9.17) is 9.47 Å². The van der Waals surface area contributed by atoms with Gasteiger partial charge in [-0.3, -0.25) is 14.6 Å². The molecule has 1 aromatic rings. The number of carbonyl (C=O) groups excluding carboxylic acids is 2. The minimum absolute atomic E-state index is 0.0443. The molecule has 2 heterocycles. The molecule has 2 saturated heterocycles. The highest BCUT2D eigenvalue weighted by atomic mass is 19.1. The molecule has 3 aliphatic rings. The second-order valence-electron chi connectivity index (χ2n) is 10.4. The number of carbonyl (C=O) groups is 2. The number of ether oxygens (including phenoxy) is 2. The minimum atomic E-state index is -0.659. The number of halogens is 1. The predicted octanol–water partition coefficient (Wildman–Crippen LogP) is 3.67. The Morgan fingerprint density at radius 2 is 1.64 bits per heavy atom. The molecule has 2 aliphatic heterocycles. The predicted molar refractivity (Wildman–Crippen MR) is 123 cm³/mol. The second-order valence-corrected chi connectivity index (χ2v) is 10.4. The number of rotatable bonds is 4. The lowest BCUT2D eigenvalue weighted by molar-refractivity contribution is -0.138. The lowest BCUT2D eigenvalue weighted by atomic mass is 10.1. The second kappa shape index (κ2) is 9.87. The molecule has 0 bridgehead atoms. The number of hydrogen-bond acceptors (Lipinski definition) is 5. The molecule has 0 unspecified atom stereocenters. The Morgan fingerprint density at radius 1 is 1.00 bits per heavy atom. The van der Waals surface area contributed by atoms with Crippen molar-refractivity contribution in [1.82, 2.24) is 14.7 Å². The summed E-state index contributed by atoms with van der Waals surface area (Å²) in [6.45, 7) is 8.81. The van der Waals surface area contributed by atoms with Crippen LogP contribution in [-0.4, -0.2) is 83.2 Å². The Balaban J connectivity index is 1.42. The normalized spacial score (nSPS) is 24.8. The first-order valence-corrected chi connectivity index (χ1v) is 12.1. The lowest BCUT2D eigenvalue weighted by Gasteiger charge is -2.39. The van der Waals surface area contributed by atoms with Crippen LogP contribution >= 0.6 is 0 Å². The standard InChI is InChI=1S/C25H36FN3O4/c1-25(2,3)33-24(31)29-17-21(32-20-10-8-18(26)9-11-20)16-22(29)23(30)28-14-12-27(13-15-28)19-6-4-5-7-19/h8-11,19,21-22H,4-7,12-17H2,1-3H3/t21-,22+/m0/s1. The summed E-state index contributed by atoms with van der Waals surface area (Å²) < 4.78 is 24.8. The summed E-state index contributed by atoms with van der Waals surface area (Å²) in [7, 11) is 0. The highest BCUT2D eigenvalue weighted by Crippen LogP contribution is 2.28. The van der Waals surface area contributed by atoms with E-state index in [1.165, 1.54) is 42.7 Å². The summed E-state index contributed by atoms with van der Waals surface area (Å²) in [5.74, 6) is 0.134. The van der Waals surface area contributed by atoms with Crippen molar-refractivity contribution < 1.29 is 23.5 Å². The molecule has 2 atom stereocenters. The first kappa shape index (κ1) is 23.8.